The normalized spacial score (nSPS) is 16.8. The molecule has 1 amide bonds. The van der Waals surface area contributed by atoms with Crippen molar-refractivity contribution < 1.29 is 14.8 Å². The molecule has 0 bridgehead atoms. The second-order valence-corrected chi connectivity index (χ2v) is 7.21. The summed E-state index contributed by atoms with van der Waals surface area (Å²) in [5.74, 6) is 0.406. The fourth-order valence-electron chi connectivity index (χ4n) is 3.05. The first kappa shape index (κ1) is 16.8. The number of nitrogens with zero attached hydrogens (tertiary/aromatic N) is 1. The number of aromatic hydroxyl groups is 1. The number of carbonyl (C=O) groups is 1. The number of thiophene rings is 1. The van der Waals surface area contributed by atoms with E-state index in [1.807, 2.05) is 30.5 Å². The molecular weight excluding hydrogens is 322 g/mol. The number of amides is 1. The fourth-order valence-corrected chi connectivity index (χ4v) is 3.78. The highest BCUT2D eigenvalue weighted by atomic mass is 32.1. The number of quaternary nitrogens is 1. The van der Waals surface area contributed by atoms with E-state index in [1.165, 1.54) is 9.78 Å². The van der Waals surface area contributed by atoms with Gasteiger partial charge in [0, 0.05) is 10.6 Å². The minimum atomic E-state index is 0.0789. The maximum absolute atomic E-state index is 12.2. The summed E-state index contributed by atoms with van der Waals surface area (Å²) in [7, 11) is 0. The summed E-state index contributed by atoms with van der Waals surface area (Å²) in [6, 6.07) is 11.5. The second-order valence-electron chi connectivity index (χ2n) is 6.23. The lowest BCUT2D eigenvalue weighted by Crippen LogP contribution is -3.15. The van der Waals surface area contributed by atoms with Gasteiger partial charge in [0.2, 0.25) is 0 Å². The number of phenols is 1. The van der Waals surface area contributed by atoms with Gasteiger partial charge in [-0.15, -0.1) is 11.3 Å². The van der Waals surface area contributed by atoms with Crippen LogP contribution >= 0.6 is 11.3 Å². The molecule has 2 heterocycles. The van der Waals surface area contributed by atoms with Crippen LogP contribution in [0.25, 0.3) is 0 Å². The second kappa shape index (κ2) is 7.68. The van der Waals surface area contributed by atoms with Gasteiger partial charge in [-0.2, -0.15) is 0 Å². The summed E-state index contributed by atoms with van der Waals surface area (Å²) in [5.41, 5.74) is 1.13. The van der Waals surface area contributed by atoms with Crippen LogP contribution < -0.4 is 15.1 Å². The molecule has 0 unspecified atom stereocenters. The van der Waals surface area contributed by atoms with Crippen molar-refractivity contribution >= 4 is 22.9 Å². The number of carbonyl (C=O) groups excluding carboxylic acids is 1. The van der Waals surface area contributed by atoms with E-state index >= 15 is 0 Å². The third-order valence-corrected chi connectivity index (χ3v) is 5.50. The van der Waals surface area contributed by atoms with Crippen LogP contribution in [0.2, 0.25) is 0 Å². The average molecular weight is 346 g/mol. The van der Waals surface area contributed by atoms with Crippen molar-refractivity contribution in [1.29, 1.82) is 0 Å². The highest BCUT2D eigenvalue weighted by molar-refractivity contribution is 7.10. The Hall–Kier alpha value is -2.05. The molecular formula is C18H24N3O2S+. The van der Waals surface area contributed by atoms with Gasteiger partial charge in [-0.3, -0.25) is 4.79 Å². The van der Waals surface area contributed by atoms with Crippen LogP contribution in [-0.2, 0) is 4.79 Å². The van der Waals surface area contributed by atoms with Crippen LogP contribution in [0.4, 0.5) is 5.69 Å². The number of rotatable bonds is 5. The molecule has 5 nitrogen and oxygen atoms in total. The lowest BCUT2D eigenvalue weighted by molar-refractivity contribution is -0.892. The molecule has 3 rings (SSSR count). The highest BCUT2D eigenvalue weighted by Crippen LogP contribution is 2.18. The van der Waals surface area contributed by atoms with E-state index in [-0.39, 0.29) is 11.9 Å². The molecule has 1 aromatic carbocycles. The van der Waals surface area contributed by atoms with Gasteiger partial charge in [0.25, 0.3) is 5.91 Å². The van der Waals surface area contributed by atoms with Crippen LogP contribution in [0.15, 0.2) is 41.8 Å². The molecule has 1 aromatic heterocycles. The number of hydrogen-bond donors (Lipinski definition) is 3. The Balaban J connectivity index is 1.45. The molecule has 1 aliphatic rings. The van der Waals surface area contributed by atoms with Crippen LogP contribution in [0, 0.1) is 0 Å². The molecule has 1 fully saturated rings. The SMILES string of the molecule is C[C@H](NC(=O)C[NH+]1CCN(c2ccc(O)cc2)CC1)c1cccs1. The number of benzene rings is 1. The largest absolute Gasteiger partial charge is 0.508 e. The molecule has 0 aliphatic carbocycles. The van der Waals surface area contributed by atoms with Gasteiger partial charge in [-0.05, 0) is 42.6 Å². The van der Waals surface area contributed by atoms with E-state index in [4.69, 9.17) is 0 Å². The minimum absolute atomic E-state index is 0.0789. The first-order chi connectivity index (χ1) is 11.6. The Bertz CT molecular complexity index is 649. The van der Waals surface area contributed by atoms with Crippen LogP contribution in [0.3, 0.4) is 0 Å². The maximum Gasteiger partial charge on any atom is 0.275 e. The Morgan fingerprint density at radius 3 is 2.62 bits per heavy atom. The van der Waals surface area contributed by atoms with E-state index < -0.39 is 0 Å². The van der Waals surface area contributed by atoms with E-state index in [0.717, 1.165) is 31.9 Å². The van der Waals surface area contributed by atoms with Crippen molar-refractivity contribution in [2.45, 2.75) is 13.0 Å². The first-order valence-electron chi connectivity index (χ1n) is 8.32. The Labute approximate surface area is 146 Å². The zero-order chi connectivity index (χ0) is 16.9. The molecule has 24 heavy (non-hydrogen) atoms. The fraction of sp³-hybridized carbons (Fsp3) is 0.389. The molecule has 0 radical (unpaired) electrons. The summed E-state index contributed by atoms with van der Waals surface area (Å²) < 4.78 is 0. The maximum atomic E-state index is 12.2. The quantitative estimate of drug-likeness (QED) is 0.758. The van der Waals surface area contributed by atoms with Crippen LogP contribution in [0.1, 0.15) is 17.8 Å². The number of anilines is 1. The lowest BCUT2D eigenvalue weighted by atomic mass is 10.2. The van der Waals surface area contributed by atoms with Gasteiger partial charge in [0.1, 0.15) is 5.75 Å². The van der Waals surface area contributed by atoms with Gasteiger partial charge in [-0.25, -0.2) is 0 Å². The van der Waals surface area contributed by atoms with Gasteiger partial charge >= 0.3 is 0 Å². The van der Waals surface area contributed by atoms with Crippen LogP contribution in [0.5, 0.6) is 5.75 Å². The summed E-state index contributed by atoms with van der Waals surface area (Å²) >= 11 is 1.67. The number of hydrogen-bond acceptors (Lipinski definition) is 4. The summed E-state index contributed by atoms with van der Waals surface area (Å²) in [4.78, 5) is 17.0. The van der Waals surface area contributed by atoms with E-state index in [1.54, 1.807) is 23.5 Å². The monoisotopic (exact) mass is 346 g/mol. The topological polar surface area (TPSA) is 57.0 Å². The molecule has 3 N–H and O–H groups in total. The molecule has 1 aliphatic heterocycles. The number of nitrogens with one attached hydrogen (secondary N) is 2. The highest BCUT2D eigenvalue weighted by Gasteiger charge is 2.23. The van der Waals surface area contributed by atoms with Gasteiger partial charge in [-0.1, -0.05) is 6.07 Å². The van der Waals surface area contributed by atoms with Crippen molar-refractivity contribution in [1.82, 2.24) is 5.32 Å². The van der Waals surface area contributed by atoms with E-state index in [0.29, 0.717) is 12.3 Å². The van der Waals surface area contributed by atoms with Gasteiger partial charge < -0.3 is 20.2 Å². The number of phenolic OH excluding ortho intramolecular Hbond substituents is 1. The Morgan fingerprint density at radius 2 is 2.00 bits per heavy atom. The average Bonchev–Trinajstić information content (AvgIpc) is 3.11. The first-order valence-corrected chi connectivity index (χ1v) is 9.20. The molecule has 2 aromatic rings. The summed E-state index contributed by atoms with van der Waals surface area (Å²) in [6.07, 6.45) is 0. The van der Waals surface area contributed by atoms with Crippen molar-refractivity contribution in [2.24, 2.45) is 0 Å². The van der Waals surface area contributed by atoms with Crippen molar-refractivity contribution in [3.63, 3.8) is 0 Å². The van der Waals surface area contributed by atoms with Crippen molar-refractivity contribution in [3.8, 4) is 5.75 Å². The van der Waals surface area contributed by atoms with E-state index in [2.05, 4.69) is 16.3 Å². The van der Waals surface area contributed by atoms with E-state index in [9.17, 15) is 9.90 Å². The predicted molar refractivity (Wildman–Crippen MR) is 96.8 cm³/mol. The third kappa shape index (κ3) is 4.27. The molecule has 0 spiro atoms. The van der Waals surface area contributed by atoms with Crippen molar-refractivity contribution in [3.05, 3.63) is 46.7 Å². The Morgan fingerprint density at radius 1 is 1.29 bits per heavy atom. The van der Waals surface area contributed by atoms with Gasteiger partial charge in [0.05, 0.1) is 32.2 Å². The molecule has 6 heteroatoms. The predicted octanol–water partition coefficient (Wildman–Crippen LogP) is 1.04. The van der Waals surface area contributed by atoms with Crippen LogP contribution in [-0.4, -0.2) is 43.7 Å². The standard InChI is InChI=1S/C18H23N3O2S/c1-14(17-3-2-12-24-17)19-18(23)13-20-8-10-21(11-9-20)15-4-6-16(22)7-5-15/h2-7,12,14,22H,8-11,13H2,1H3,(H,19,23)/p+1/t14-/m0/s1. The molecule has 0 saturated carbocycles. The molecule has 1 atom stereocenters. The summed E-state index contributed by atoms with van der Waals surface area (Å²) in [6.45, 7) is 6.30. The van der Waals surface area contributed by atoms with Crippen molar-refractivity contribution in [2.75, 3.05) is 37.6 Å². The molecule has 128 valence electrons. The Kier molecular flexibility index (Phi) is 5.37. The third-order valence-electron chi connectivity index (χ3n) is 4.44. The number of piperazine rings is 1. The van der Waals surface area contributed by atoms with Gasteiger partial charge in [0.15, 0.2) is 6.54 Å². The minimum Gasteiger partial charge on any atom is -0.508 e. The lowest BCUT2D eigenvalue weighted by Gasteiger charge is -2.33. The smallest absolute Gasteiger partial charge is 0.275 e. The summed E-state index contributed by atoms with van der Waals surface area (Å²) in [5, 5.41) is 14.5. The zero-order valence-electron chi connectivity index (χ0n) is 13.9. The zero-order valence-corrected chi connectivity index (χ0v) is 14.7. The molecule has 1 saturated heterocycles.